The van der Waals surface area contributed by atoms with Gasteiger partial charge in [-0.15, -0.1) is 8.78 Å². The van der Waals surface area contributed by atoms with Crippen LogP contribution in [-0.2, 0) is 9.47 Å². The summed E-state index contributed by atoms with van der Waals surface area (Å²) in [7, 11) is 0. The Hall–Kier alpha value is -0.290. The molecule has 1 unspecified atom stereocenters. The van der Waals surface area contributed by atoms with Crippen LogP contribution in [0.4, 0.5) is 13.2 Å². The standard InChI is InChI=1S/C4H5F3O2/c1-3(5)2-8-4(6,7)9-3/h2H2,1H3. The van der Waals surface area contributed by atoms with E-state index in [0.717, 1.165) is 6.92 Å². The zero-order valence-corrected chi connectivity index (χ0v) is 4.66. The third-order valence-electron chi connectivity index (χ3n) is 0.830. The first-order valence-corrected chi connectivity index (χ1v) is 2.32. The lowest BCUT2D eigenvalue weighted by Crippen LogP contribution is -2.23. The van der Waals surface area contributed by atoms with E-state index in [1.165, 1.54) is 0 Å². The Balaban J connectivity index is 2.58. The lowest BCUT2D eigenvalue weighted by atomic mass is 10.4. The van der Waals surface area contributed by atoms with E-state index in [9.17, 15) is 13.2 Å². The van der Waals surface area contributed by atoms with Gasteiger partial charge in [0.25, 0.3) is 0 Å². The zero-order valence-electron chi connectivity index (χ0n) is 4.66. The minimum Gasteiger partial charge on any atom is -0.290 e. The summed E-state index contributed by atoms with van der Waals surface area (Å²) >= 11 is 0. The molecule has 0 spiro atoms. The number of hydrogen-bond acceptors (Lipinski definition) is 2. The molecular weight excluding hydrogens is 137 g/mol. The first kappa shape index (κ1) is 6.82. The Labute approximate surface area is 49.6 Å². The first-order chi connectivity index (χ1) is 3.91. The molecule has 1 fully saturated rings. The molecular formula is C4H5F3O2. The molecule has 1 aliphatic heterocycles. The quantitative estimate of drug-likeness (QED) is 0.507. The van der Waals surface area contributed by atoms with E-state index in [0.29, 0.717) is 0 Å². The molecule has 0 aromatic heterocycles. The van der Waals surface area contributed by atoms with Gasteiger partial charge in [-0.05, 0) is 6.92 Å². The summed E-state index contributed by atoms with van der Waals surface area (Å²) in [5, 5.41) is 0. The Morgan fingerprint density at radius 1 is 1.33 bits per heavy atom. The monoisotopic (exact) mass is 142 g/mol. The van der Waals surface area contributed by atoms with E-state index in [-0.39, 0.29) is 0 Å². The van der Waals surface area contributed by atoms with Crippen LogP contribution in [0.3, 0.4) is 0 Å². The van der Waals surface area contributed by atoms with Crippen LogP contribution in [0.1, 0.15) is 6.92 Å². The fourth-order valence-corrected chi connectivity index (χ4v) is 0.520. The second-order valence-electron chi connectivity index (χ2n) is 1.96. The van der Waals surface area contributed by atoms with Crippen molar-refractivity contribution < 1.29 is 22.6 Å². The van der Waals surface area contributed by atoms with E-state index in [2.05, 4.69) is 9.47 Å². The molecule has 1 rings (SSSR count). The Bertz CT molecular complexity index is 109. The number of ether oxygens (including phenoxy) is 2. The van der Waals surface area contributed by atoms with Gasteiger partial charge in [0.2, 0.25) is 5.85 Å². The molecule has 54 valence electrons. The average molecular weight is 142 g/mol. The van der Waals surface area contributed by atoms with Crippen molar-refractivity contribution in [2.75, 3.05) is 6.61 Å². The second kappa shape index (κ2) is 1.60. The number of halogens is 3. The van der Waals surface area contributed by atoms with Gasteiger partial charge in [-0.1, -0.05) is 0 Å². The van der Waals surface area contributed by atoms with E-state index >= 15 is 0 Å². The minimum absolute atomic E-state index is 0.722. The smallest absolute Gasteiger partial charge is 0.290 e. The van der Waals surface area contributed by atoms with Crippen LogP contribution < -0.4 is 0 Å². The Morgan fingerprint density at radius 2 is 1.89 bits per heavy atom. The fourth-order valence-electron chi connectivity index (χ4n) is 0.520. The van der Waals surface area contributed by atoms with Gasteiger partial charge in [-0.25, -0.2) is 4.39 Å². The maximum atomic E-state index is 12.3. The Kier molecular flexibility index (Phi) is 1.22. The van der Waals surface area contributed by atoms with E-state index < -0.39 is 18.8 Å². The van der Waals surface area contributed by atoms with Crippen LogP contribution in [0, 0.1) is 0 Å². The van der Waals surface area contributed by atoms with E-state index in [4.69, 9.17) is 0 Å². The number of hydrogen-bond donors (Lipinski definition) is 0. The molecule has 5 heteroatoms. The summed E-state index contributed by atoms with van der Waals surface area (Å²) in [6, 6.07) is 0. The maximum absolute atomic E-state index is 12.3. The predicted molar refractivity (Wildman–Crippen MR) is 21.5 cm³/mol. The van der Waals surface area contributed by atoms with Gasteiger partial charge in [0.15, 0.2) is 0 Å². The van der Waals surface area contributed by atoms with Crippen molar-refractivity contribution in [1.29, 1.82) is 0 Å². The van der Waals surface area contributed by atoms with Crippen molar-refractivity contribution in [3.05, 3.63) is 0 Å². The zero-order chi connectivity index (χ0) is 7.12. The highest BCUT2D eigenvalue weighted by molar-refractivity contribution is 4.66. The number of rotatable bonds is 0. The minimum atomic E-state index is -3.75. The van der Waals surface area contributed by atoms with Crippen LogP contribution >= 0.6 is 0 Å². The van der Waals surface area contributed by atoms with Gasteiger partial charge in [0.1, 0.15) is 6.61 Å². The third-order valence-corrected chi connectivity index (χ3v) is 0.830. The fraction of sp³-hybridized carbons (Fsp3) is 1.00. The molecule has 0 N–H and O–H groups in total. The average Bonchev–Trinajstić information content (AvgIpc) is 1.78. The van der Waals surface area contributed by atoms with E-state index in [1.807, 2.05) is 0 Å². The molecule has 1 atom stereocenters. The summed E-state index contributed by atoms with van der Waals surface area (Å²) in [6.07, 6.45) is -3.75. The molecule has 0 bridgehead atoms. The summed E-state index contributed by atoms with van der Waals surface area (Å²) in [5.41, 5.74) is 0. The molecule has 1 saturated heterocycles. The summed E-state index contributed by atoms with van der Waals surface area (Å²) < 4.78 is 42.9. The molecule has 9 heavy (non-hydrogen) atoms. The van der Waals surface area contributed by atoms with Gasteiger partial charge in [-0.2, -0.15) is 0 Å². The lowest BCUT2D eigenvalue weighted by molar-refractivity contribution is -0.365. The highest BCUT2D eigenvalue weighted by Gasteiger charge is 2.50. The largest absolute Gasteiger partial charge is 0.488 e. The van der Waals surface area contributed by atoms with Gasteiger partial charge in [0, 0.05) is 0 Å². The van der Waals surface area contributed by atoms with Crippen LogP contribution in [-0.4, -0.2) is 18.8 Å². The van der Waals surface area contributed by atoms with Crippen LogP contribution in [0.5, 0.6) is 0 Å². The van der Waals surface area contributed by atoms with Crippen molar-refractivity contribution in [3.63, 3.8) is 0 Å². The molecule has 0 aromatic carbocycles. The van der Waals surface area contributed by atoms with E-state index in [1.54, 1.807) is 0 Å². The molecule has 1 heterocycles. The van der Waals surface area contributed by atoms with Crippen molar-refractivity contribution in [1.82, 2.24) is 0 Å². The lowest BCUT2D eigenvalue weighted by Gasteiger charge is -2.09. The first-order valence-electron chi connectivity index (χ1n) is 2.32. The number of alkyl halides is 3. The maximum Gasteiger partial charge on any atom is 0.488 e. The molecule has 0 aliphatic carbocycles. The van der Waals surface area contributed by atoms with Crippen molar-refractivity contribution in [2.45, 2.75) is 19.1 Å². The van der Waals surface area contributed by atoms with Gasteiger partial charge in [0.05, 0.1) is 0 Å². The van der Waals surface area contributed by atoms with Crippen LogP contribution in [0.15, 0.2) is 0 Å². The summed E-state index contributed by atoms with van der Waals surface area (Å²) in [4.78, 5) is 0. The van der Waals surface area contributed by atoms with Gasteiger partial charge >= 0.3 is 6.29 Å². The van der Waals surface area contributed by atoms with Crippen molar-refractivity contribution in [3.8, 4) is 0 Å². The topological polar surface area (TPSA) is 18.5 Å². The van der Waals surface area contributed by atoms with Crippen LogP contribution in [0.25, 0.3) is 0 Å². The predicted octanol–water partition coefficient (Wildman–Crippen LogP) is 1.27. The van der Waals surface area contributed by atoms with Crippen LogP contribution in [0.2, 0.25) is 0 Å². The summed E-state index contributed by atoms with van der Waals surface area (Å²) in [6.45, 7) is 0.161. The molecule has 0 radical (unpaired) electrons. The normalized spacial score (nSPS) is 41.3. The highest BCUT2D eigenvalue weighted by Crippen LogP contribution is 2.33. The second-order valence-corrected chi connectivity index (χ2v) is 1.96. The Morgan fingerprint density at radius 3 is 2.00 bits per heavy atom. The molecule has 2 nitrogen and oxygen atoms in total. The molecule has 0 saturated carbocycles. The molecule has 0 aromatic rings. The SMILES string of the molecule is CC1(F)COC(F)(F)O1. The van der Waals surface area contributed by atoms with Crippen molar-refractivity contribution in [2.24, 2.45) is 0 Å². The van der Waals surface area contributed by atoms with Gasteiger partial charge in [-0.3, -0.25) is 9.47 Å². The molecule has 0 amide bonds. The third kappa shape index (κ3) is 1.56. The van der Waals surface area contributed by atoms with Gasteiger partial charge < -0.3 is 0 Å². The summed E-state index contributed by atoms with van der Waals surface area (Å²) in [5.74, 6) is -2.34. The van der Waals surface area contributed by atoms with Crippen molar-refractivity contribution >= 4 is 0 Å². The molecule has 1 aliphatic rings. The highest BCUT2D eigenvalue weighted by atomic mass is 19.3.